The summed E-state index contributed by atoms with van der Waals surface area (Å²) in [5.41, 5.74) is 3.48. The van der Waals surface area contributed by atoms with E-state index in [1.165, 1.54) is 18.3 Å². The Balaban J connectivity index is 1.77. The van der Waals surface area contributed by atoms with Gasteiger partial charge in [0.15, 0.2) is 0 Å². The van der Waals surface area contributed by atoms with Crippen LogP contribution in [0.3, 0.4) is 0 Å². The number of benzene rings is 3. The van der Waals surface area contributed by atoms with Crippen molar-refractivity contribution in [3.8, 4) is 11.5 Å². The van der Waals surface area contributed by atoms with E-state index in [0.717, 1.165) is 15.6 Å². The first kappa shape index (κ1) is 24.8. The number of hydrogen-bond acceptors (Lipinski definition) is 6. The van der Waals surface area contributed by atoms with Crippen LogP contribution >= 0.6 is 0 Å². The fourth-order valence-corrected chi connectivity index (χ4v) is 4.51. The van der Waals surface area contributed by atoms with Crippen LogP contribution in [0.5, 0.6) is 11.5 Å². The summed E-state index contributed by atoms with van der Waals surface area (Å²) in [7, 11) is -4.00. The summed E-state index contributed by atoms with van der Waals surface area (Å²) in [5, 5.41) is 3.95. The van der Waals surface area contributed by atoms with Crippen LogP contribution in [0.2, 0.25) is 0 Å². The third-order valence-electron chi connectivity index (χ3n) is 4.65. The van der Waals surface area contributed by atoms with E-state index in [1.807, 2.05) is 13.8 Å². The van der Waals surface area contributed by atoms with E-state index in [0.29, 0.717) is 24.7 Å². The zero-order valence-corrected chi connectivity index (χ0v) is 19.9. The summed E-state index contributed by atoms with van der Waals surface area (Å²) in [6.45, 7) is 4.37. The molecule has 3 aromatic rings. The molecule has 0 aliphatic rings. The Morgan fingerprint density at radius 3 is 2.00 bits per heavy atom. The highest BCUT2D eigenvalue weighted by atomic mass is 32.2. The second kappa shape index (κ2) is 11.9. The standard InChI is InChI=1S/C25H27N3O5S/c1-3-32-22-14-10-20(11-15-22)18-26-27-25(29)19-28(21-12-16-23(17-13-21)33-4-2)34(30,31)24-8-6-5-7-9-24/h5-18H,3-4,19H2,1-2H3,(H,27,29)/b26-18-. The van der Waals surface area contributed by atoms with Gasteiger partial charge >= 0.3 is 0 Å². The second-order valence-electron chi connectivity index (χ2n) is 7.05. The number of sulfonamides is 1. The lowest BCUT2D eigenvalue weighted by atomic mass is 10.2. The Morgan fingerprint density at radius 1 is 0.882 bits per heavy atom. The van der Waals surface area contributed by atoms with E-state index < -0.39 is 22.5 Å². The summed E-state index contributed by atoms with van der Waals surface area (Å²) in [4.78, 5) is 12.7. The zero-order valence-electron chi connectivity index (χ0n) is 19.0. The zero-order chi connectivity index (χ0) is 24.4. The topological polar surface area (TPSA) is 97.3 Å². The van der Waals surface area contributed by atoms with Crippen LogP contribution in [0.4, 0.5) is 5.69 Å². The van der Waals surface area contributed by atoms with Crippen LogP contribution in [0.25, 0.3) is 0 Å². The summed E-state index contributed by atoms with van der Waals surface area (Å²) >= 11 is 0. The van der Waals surface area contributed by atoms with Crippen LogP contribution in [0.15, 0.2) is 88.9 Å². The molecule has 8 nitrogen and oxygen atoms in total. The molecule has 1 N–H and O–H groups in total. The highest BCUT2D eigenvalue weighted by molar-refractivity contribution is 7.92. The molecule has 0 aliphatic heterocycles. The lowest BCUT2D eigenvalue weighted by Crippen LogP contribution is -2.39. The molecule has 178 valence electrons. The van der Waals surface area contributed by atoms with E-state index in [2.05, 4.69) is 10.5 Å². The SMILES string of the molecule is CCOc1ccc(/C=N\NC(=O)CN(c2ccc(OCC)cc2)S(=O)(=O)c2ccccc2)cc1. The van der Waals surface area contributed by atoms with Crippen LogP contribution in [-0.4, -0.2) is 40.3 Å². The molecule has 0 radical (unpaired) electrons. The average Bonchev–Trinajstić information content (AvgIpc) is 2.85. The first-order chi connectivity index (χ1) is 16.4. The number of carbonyl (C=O) groups is 1. The predicted octanol–water partition coefficient (Wildman–Crippen LogP) is 3.83. The smallest absolute Gasteiger partial charge is 0.264 e. The molecule has 0 saturated heterocycles. The Morgan fingerprint density at radius 2 is 1.44 bits per heavy atom. The molecule has 0 fully saturated rings. The van der Waals surface area contributed by atoms with Crippen LogP contribution < -0.4 is 19.2 Å². The third kappa shape index (κ3) is 6.58. The molecular weight excluding hydrogens is 454 g/mol. The van der Waals surface area contributed by atoms with Crippen molar-refractivity contribution in [3.05, 3.63) is 84.4 Å². The lowest BCUT2D eigenvalue weighted by Gasteiger charge is -2.24. The number of anilines is 1. The summed E-state index contributed by atoms with van der Waals surface area (Å²) in [6.07, 6.45) is 1.47. The van der Waals surface area contributed by atoms with E-state index in [1.54, 1.807) is 66.7 Å². The van der Waals surface area contributed by atoms with Crippen LogP contribution in [-0.2, 0) is 14.8 Å². The number of rotatable bonds is 11. The largest absolute Gasteiger partial charge is 0.494 e. The number of hydrazone groups is 1. The van der Waals surface area contributed by atoms with E-state index in [9.17, 15) is 13.2 Å². The molecule has 0 saturated carbocycles. The van der Waals surface area contributed by atoms with Crippen LogP contribution in [0.1, 0.15) is 19.4 Å². The molecule has 3 rings (SSSR count). The Kier molecular flexibility index (Phi) is 8.64. The monoisotopic (exact) mass is 481 g/mol. The van der Waals surface area contributed by atoms with Gasteiger partial charge in [-0.2, -0.15) is 5.10 Å². The molecule has 3 aromatic carbocycles. The Labute approximate surface area is 199 Å². The molecule has 0 aliphatic carbocycles. The first-order valence-electron chi connectivity index (χ1n) is 10.8. The summed E-state index contributed by atoms with van der Waals surface area (Å²) < 4.78 is 38.5. The third-order valence-corrected chi connectivity index (χ3v) is 6.44. The molecule has 0 heterocycles. The molecule has 34 heavy (non-hydrogen) atoms. The van der Waals surface area contributed by atoms with Crippen LogP contribution in [0, 0.1) is 0 Å². The quantitative estimate of drug-likeness (QED) is 0.332. The minimum atomic E-state index is -4.00. The van der Waals surface area contributed by atoms with Gasteiger partial charge in [-0.15, -0.1) is 0 Å². The highest BCUT2D eigenvalue weighted by Gasteiger charge is 2.27. The molecule has 0 unspecified atom stereocenters. The maximum Gasteiger partial charge on any atom is 0.264 e. The second-order valence-corrected chi connectivity index (χ2v) is 8.91. The molecule has 9 heteroatoms. The Bertz CT molecular complexity index is 1200. The van der Waals surface area contributed by atoms with Gasteiger partial charge in [-0.25, -0.2) is 13.8 Å². The van der Waals surface area contributed by atoms with E-state index >= 15 is 0 Å². The Hall–Kier alpha value is -3.85. The van der Waals surface area contributed by atoms with Crippen molar-refractivity contribution in [1.82, 2.24) is 5.43 Å². The normalized spacial score (nSPS) is 11.2. The van der Waals surface area contributed by atoms with Gasteiger partial charge < -0.3 is 9.47 Å². The number of amides is 1. The van der Waals surface area contributed by atoms with Crippen molar-refractivity contribution in [1.29, 1.82) is 0 Å². The number of nitrogens with one attached hydrogen (secondary N) is 1. The highest BCUT2D eigenvalue weighted by Crippen LogP contribution is 2.25. The van der Waals surface area contributed by atoms with Crippen molar-refractivity contribution in [2.45, 2.75) is 18.7 Å². The minimum absolute atomic E-state index is 0.0783. The van der Waals surface area contributed by atoms with Crippen molar-refractivity contribution in [3.63, 3.8) is 0 Å². The molecule has 0 spiro atoms. The number of hydrogen-bond donors (Lipinski definition) is 1. The summed E-state index contributed by atoms with van der Waals surface area (Å²) in [6, 6.07) is 21.7. The average molecular weight is 482 g/mol. The molecule has 0 bridgehead atoms. The van der Waals surface area contributed by atoms with Gasteiger partial charge in [0.2, 0.25) is 0 Å². The molecule has 0 atom stereocenters. The predicted molar refractivity (Wildman–Crippen MR) is 132 cm³/mol. The minimum Gasteiger partial charge on any atom is -0.494 e. The fourth-order valence-electron chi connectivity index (χ4n) is 3.07. The van der Waals surface area contributed by atoms with Gasteiger partial charge in [-0.3, -0.25) is 9.10 Å². The van der Waals surface area contributed by atoms with E-state index in [4.69, 9.17) is 9.47 Å². The molecule has 0 aromatic heterocycles. The van der Waals surface area contributed by atoms with Gasteiger partial charge in [-0.1, -0.05) is 18.2 Å². The maximum atomic E-state index is 13.3. The van der Waals surface area contributed by atoms with Crippen molar-refractivity contribution >= 4 is 27.8 Å². The van der Waals surface area contributed by atoms with Crippen molar-refractivity contribution < 1.29 is 22.7 Å². The first-order valence-corrected chi connectivity index (χ1v) is 12.2. The lowest BCUT2D eigenvalue weighted by molar-refractivity contribution is -0.119. The summed E-state index contributed by atoms with van der Waals surface area (Å²) in [5.74, 6) is 0.754. The number of nitrogens with zero attached hydrogens (tertiary/aromatic N) is 2. The van der Waals surface area contributed by atoms with Gasteiger partial charge in [-0.05, 0) is 80.1 Å². The molecule has 1 amide bonds. The maximum absolute atomic E-state index is 13.3. The number of carbonyl (C=O) groups excluding carboxylic acids is 1. The number of ether oxygens (including phenoxy) is 2. The van der Waals surface area contributed by atoms with Gasteiger partial charge in [0, 0.05) is 0 Å². The van der Waals surface area contributed by atoms with Gasteiger partial charge in [0.25, 0.3) is 15.9 Å². The van der Waals surface area contributed by atoms with Crippen molar-refractivity contribution in [2.75, 3.05) is 24.1 Å². The van der Waals surface area contributed by atoms with Gasteiger partial charge in [0.1, 0.15) is 18.0 Å². The fraction of sp³-hybridized carbons (Fsp3) is 0.200. The molecular formula is C25H27N3O5S. The van der Waals surface area contributed by atoms with E-state index in [-0.39, 0.29) is 4.90 Å². The van der Waals surface area contributed by atoms with Gasteiger partial charge in [0.05, 0.1) is 30.0 Å². The van der Waals surface area contributed by atoms with Crippen molar-refractivity contribution in [2.24, 2.45) is 5.10 Å².